The molecule has 1 heterocycles. The van der Waals surface area contributed by atoms with Crippen LogP contribution in [0, 0.1) is 0 Å². The Hall–Kier alpha value is -1.97. The molecule has 0 saturated carbocycles. The number of nitrogens with one attached hydrogen (secondary N) is 1. The van der Waals surface area contributed by atoms with Crippen molar-refractivity contribution in [2.45, 2.75) is 5.75 Å². The fourth-order valence-corrected chi connectivity index (χ4v) is 3.74. The molecule has 0 aliphatic rings. The van der Waals surface area contributed by atoms with Crippen molar-refractivity contribution >= 4 is 33.6 Å². The Bertz CT molecular complexity index is 803. The van der Waals surface area contributed by atoms with Crippen LogP contribution in [0.5, 0.6) is 0 Å². The fourth-order valence-electron chi connectivity index (χ4n) is 2.11. The van der Waals surface area contributed by atoms with Gasteiger partial charge in [-0.3, -0.25) is 9.10 Å². The lowest BCUT2D eigenvalue weighted by Crippen LogP contribution is -2.37. The molecule has 2 aromatic rings. The number of furan rings is 1. The molecule has 9 heteroatoms. The van der Waals surface area contributed by atoms with E-state index >= 15 is 0 Å². The standard InChI is InChI=1S/C17H23N3O4S2/c1-19(2)26(22,23)20(3)15-8-6-14(7-9-15)17(21)18-10-12-25-13-16-5-4-11-24-16/h4-9,11H,10,12-13H2,1-3H3,(H,18,21). The normalized spacial score (nSPS) is 11.5. The van der Waals surface area contributed by atoms with Crippen LogP contribution >= 0.6 is 11.8 Å². The maximum Gasteiger partial charge on any atom is 0.303 e. The molecule has 1 amide bonds. The molecule has 0 unspecified atom stereocenters. The van der Waals surface area contributed by atoms with Crippen molar-refractivity contribution in [2.24, 2.45) is 0 Å². The third kappa shape index (κ3) is 5.26. The van der Waals surface area contributed by atoms with Crippen LogP contribution in [0.25, 0.3) is 0 Å². The molecule has 1 aromatic heterocycles. The number of nitrogens with zero attached hydrogens (tertiary/aromatic N) is 2. The zero-order chi connectivity index (χ0) is 19.2. The van der Waals surface area contributed by atoms with Crippen molar-refractivity contribution in [1.29, 1.82) is 0 Å². The van der Waals surface area contributed by atoms with E-state index in [-0.39, 0.29) is 5.91 Å². The van der Waals surface area contributed by atoms with Gasteiger partial charge in [-0.05, 0) is 36.4 Å². The summed E-state index contributed by atoms with van der Waals surface area (Å²) in [6.45, 7) is 0.543. The van der Waals surface area contributed by atoms with Gasteiger partial charge in [0, 0.05) is 39.0 Å². The Morgan fingerprint density at radius 1 is 1.15 bits per heavy atom. The maximum atomic E-state index is 12.1. The summed E-state index contributed by atoms with van der Waals surface area (Å²) < 4.78 is 31.7. The van der Waals surface area contributed by atoms with E-state index in [1.807, 2.05) is 12.1 Å². The molecule has 0 aliphatic carbocycles. The maximum absolute atomic E-state index is 12.1. The van der Waals surface area contributed by atoms with E-state index in [1.165, 1.54) is 25.4 Å². The summed E-state index contributed by atoms with van der Waals surface area (Å²) >= 11 is 1.67. The van der Waals surface area contributed by atoms with Crippen molar-refractivity contribution in [1.82, 2.24) is 9.62 Å². The van der Waals surface area contributed by atoms with Crippen LogP contribution in [0.1, 0.15) is 16.1 Å². The van der Waals surface area contributed by atoms with E-state index in [1.54, 1.807) is 42.3 Å². The number of anilines is 1. The quantitative estimate of drug-likeness (QED) is 0.656. The number of hydrogen-bond acceptors (Lipinski definition) is 5. The summed E-state index contributed by atoms with van der Waals surface area (Å²) in [4.78, 5) is 12.1. The molecule has 0 spiro atoms. The van der Waals surface area contributed by atoms with Gasteiger partial charge in [-0.2, -0.15) is 24.5 Å². The van der Waals surface area contributed by atoms with Crippen LogP contribution in [0.4, 0.5) is 5.69 Å². The van der Waals surface area contributed by atoms with Gasteiger partial charge >= 0.3 is 10.2 Å². The van der Waals surface area contributed by atoms with Gasteiger partial charge in [0.05, 0.1) is 17.7 Å². The summed E-state index contributed by atoms with van der Waals surface area (Å²) in [5, 5.41) is 2.85. The summed E-state index contributed by atoms with van der Waals surface area (Å²) in [6.07, 6.45) is 1.64. The lowest BCUT2D eigenvalue weighted by atomic mass is 10.2. The predicted molar refractivity (Wildman–Crippen MR) is 105 cm³/mol. The van der Waals surface area contributed by atoms with Crippen molar-refractivity contribution in [3.05, 3.63) is 54.0 Å². The molecular weight excluding hydrogens is 374 g/mol. The molecular formula is C17H23N3O4S2. The first-order valence-corrected chi connectivity index (χ1v) is 10.5. The second-order valence-corrected chi connectivity index (χ2v) is 8.97. The summed E-state index contributed by atoms with van der Waals surface area (Å²) in [5.74, 6) is 2.26. The topological polar surface area (TPSA) is 82.9 Å². The molecule has 0 bridgehead atoms. The third-order valence-corrected chi connectivity index (χ3v) is 6.46. The summed E-state index contributed by atoms with van der Waals surface area (Å²) in [5.41, 5.74) is 0.977. The van der Waals surface area contributed by atoms with E-state index < -0.39 is 10.2 Å². The SMILES string of the molecule is CN(C)S(=O)(=O)N(C)c1ccc(C(=O)NCCSCc2ccco2)cc1. The van der Waals surface area contributed by atoms with Gasteiger partial charge in [0.25, 0.3) is 5.91 Å². The van der Waals surface area contributed by atoms with E-state index in [0.29, 0.717) is 17.8 Å². The lowest BCUT2D eigenvalue weighted by Gasteiger charge is -2.23. The van der Waals surface area contributed by atoms with E-state index in [2.05, 4.69) is 5.32 Å². The second kappa shape index (κ2) is 9.11. The highest BCUT2D eigenvalue weighted by molar-refractivity contribution is 7.98. The van der Waals surface area contributed by atoms with Gasteiger partial charge in [0.2, 0.25) is 0 Å². The number of rotatable bonds is 9. The Balaban J connectivity index is 1.82. The molecule has 0 radical (unpaired) electrons. The van der Waals surface area contributed by atoms with Crippen molar-refractivity contribution < 1.29 is 17.6 Å². The Kier molecular flexibility index (Phi) is 7.13. The lowest BCUT2D eigenvalue weighted by molar-refractivity contribution is 0.0956. The fraction of sp³-hybridized carbons (Fsp3) is 0.353. The van der Waals surface area contributed by atoms with E-state index in [4.69, 9.17) is 4.42 Å². The highest BCUT2D eigenvalue weighted by atomic mass is 32.2. The van der Waals surface area contributed by atoms with Gasteiger partial charge in [-0.1, -0.05) is 0 Å². The minimum absolute atomic E-state index is 0.187. The van der Waals surface area contributed by atoms with Crippen LogP contribution in [0.3, 0.4) is 0 Å². The number of carbonyl (C=O) groups is 1. The van der Waals surface area contributed by atoms with Crippen molar-refractivity contribution in [3.8, 4) is 0 Å². The molecule has 0 saturated heterocycles. The molecule has 1 aromatic carbocycles. The average molecular weight is 398 g/mol. The van der Waals surface area contributed by atoms with Gasteiger partial charge in [-0.15, -0.1) is 0 Å². The molecule has 0 aliphatic heterocycles. The summed E-state index contributed by atoms with van der Waals surface area (Å²) in [6, 6.07) is 10.2. The molecule has 142 valence electrons. The first-order chi connectivity index (χ1) is 12.3. The Morgan fingerprint density at radius 2 is 1.85 bits per heavy atom. The highest BCUT2D eigenvalue weighted by Gasteiger charge is 2.20. The number of hydrogen-bond donors (Lipinski definition) is 1. The summed E-state index contributed by atoms with van der Waals surface area (Å²) in [7, 11) is 0.866. The minimum atomic E-state index is -3.55. The smallest absolute Gasteiger partial charge is 0.303 e. The molecule has 26 heavy (non-hydrogen) atoms. The van der Waals surface area contributed by atoms with Crippen LogP contribution in [0.15, 0.2) is 47.1 Å². The first-order valence-electron chi connectivity index (χ1n) is 7.97. The molecule has 0 atom stereocenters. The number of thioether (sulfide) groups is 1. The van der Waals surface area contributed by atoms with Crippen molar-refractivity contribution in [2.75, 3.05) is 37.7 Å². The zero-order valence-electron chi connectivity index (χ0n) is 15.0. The first kappa shape index (κ1) is 20.3. The number of benzene rings is 1. The third-order valence-electron chi connectivity index (χ3n) is 3.66. The number of amides is 1. The van der Waals surface area contributed by atoms with Gasteiger partial charge in [-0.25, -0.2) is 0 Å². The van der Waals surface area contributed by atoms with Crippen LogP contribution < -0.4 is 9.62 Å². The second-order valence-electron chi connectivity index (χ2n) is 5.69. The molecule has 2 rings (SSSR count). The van der Waals surface area contributed by atoms with Gasteiger partial charge in [0.1, 0.15) is 5.76 Å². The Morgan fingerprint density at radius 3 is 2.42 bits per heavy atom. The minimum Gasteiger partial charge on any atom is -0.468 e. The van der Waals surface area contributed by atoms with Crippen LogP contribution in [0.2, 0.25) is 0 Å². The average Bonchev–Trinajstić information content (AvgIpc) is 3.14. The van der Waals surface area contributed by atoms with Crippen LogP contribution in [-0.2, 0) is 16.0 Å². The zero-order valence-corrected chi connectivity index (χ0v) is 16.6. The highest BCUT2D eigenvalue weighted by Crippen LogP contribution is 2.18. The largest absolute Gasteiger partial charge is 0.468 e. The van der Waals surface area contributed by atoms with Gasteiger partial charge < -0.3 is 9.73 Å². The van der Waals surface area contributed by atoms with E-state index in [0.717, 1.165) is 21.6 Å². The molecule has 7 nitrogen and oxygen atoms in total. The molecule has 0 fully saturated rings. The van der Waals surface area contributed by atoms with Gasteiger partial charge in [0.15, 0.2) is 0 Å². The van der Waals surface area contributed by atoms with E-state index in [9.17, 15) is 13.2 Å². The predicted octanol–water partition coefficient (Wildman–Crippen LogP) is 2.19. The Labute approximate surface area is 158 Å². The van der Waals surface area contributed by atoms with Crippen LogP contribution in [-0.4, -0.2) is 52.1 Å². The van der Waals surface area contributed by atoms with Crippen molar-refractivity contribution in [3.63, 3.8) is 0 Å². The number of carbonyl (C=O) groups excluding carboxylic acids is 1. The molecule has 1 N–H and O–H groups in total. The monoisotopic (exact) mass is 397 g/mol.